The lowest BCUT2D eigenvalue weighted by Crippen LogP contribution is -2.80. The van der Waals surface area contributed by atoms with Crippen molar-refractivity contribution < 1.29 is 33.6 Å². The standard InChI is InChI=1S/C27H56NO6P/c1-4-5-6-7-8-9-10-11-12-13-14-15-16-17-18-19-20-22-32-24-27(34-26(2)29)25-33-35(30,31)23-21-28-3/h27-28H,4-25H2,1-3H3,(H,30,31)/p+1. The second-order valence-electron chi connectivity index (χ2n) is 9.82. The molecule has 35 heavy (non-hydrogen) atoms. The average Bonchev–Trinajstić information content (AvgIpc) is 2.82. The van der Waals surface area contributed by atoms with E-state index in [1.54, 1.807) is 0 Å². The van der Waals surface area contributed by atoms with Crippen LogP contribution in [0.3, 0.4) is 0 Å². The Labute approximate surface area is 216 Å². The van der Waals surface area contributed by atoms with Crippen LogP contribution in [0.1, 0.15) is 123 Å². The Hall–Kier alpha value is -0.460. The molecule has 0 radical (unpaired) electrons. The quantitative estimate of drug-likeness (QED) is 0.0782. The molecular formula is C27H57NO6P+. The lowest BCUT2D eigenvalue weighted by Gasteiger charge is -2.19. The summed E-state index contributed by atoms with van der Waals surface area (Å²) in [5, 5.41) is 1.82. The van der Waals surface area contributed by atoms with Crippen molar-refractivity contribution in [3.05, 3.63) is 0 Å². The molecule has 0 spiro atoms. The summed E-state index contributed by atoms with van der Waals surface area (Å²) in [6.45, 7) is 4.73. The van der Waals surface area contributed by atoms with Crippen molar-refractivity contribution in [1.82, 2.24) is 0 Å². The molecule has 8 heteroatoms. The lowest BCUT2D eigenvalue weighted by atomic mass is 10.0. The molecule has 0 aliphatic rings. The molecule has 0 fully saturated rings. The number of rotatable bonds is 27. The molecule has 0 rings (SSSR count). The predicted molar refractivity (Wildman–Crippen MR) is 144 cm³/mol. The van der Waals surface area contributed by atoms with Gasteiger partial charge in [-0.05, 0) is 6.42 Å². The molecule has 0 aliphatic carbocycles. The van der Waals surface area contributed by atoms with Crippen molar-refractivity contribution in [2.24, 2.45) is 0 Å². The molecule has 7 nitrogen and oxygen atoms in total. The van der Waals surface area contributed by atoms with Crippen molar-refractivity contribution >= 4 is 13.6 Å². The summed E-state index contributed by atoms with van der Waals surface area (Å²) in [5.41, 5.74) is 0. The van der Waals surface area contributed by atoms with Crippen LogP contribution in [0.5, 0.6) is 0 Å². The highest BCUT2D eigenvalue weighted by Gasteiger charge is 2.23. The number of nitrogens with two attached hydrogens (primary N) is 1. The first kappa shape index (κ1) is 34.5. The van der Waals surface area contributed by atoms with Gasteiger partial charge in [-0.25, -0.2) is 0 Å². The summed E-state index contributed by atoms with van der Waals surface area (Å²) in [4.78, 5) is 21.1. The highest BCUT2D eigenvalue weighted by atomic mass is 31.2. The first-order valence-electron chi connectivity index (χ1n) is 14.4. The number of esters is 1. The maximum absolute atomic E-state index is 11.9. The van der Waals surface area contributed by atoms with Gasteiger partial charge in [0.05, 0.1) is 33.0 Å². The van der Waals surface area contributed by atoms with Gasteiger partial charge in [-0.1, -0.05) is 110 Å². The summed E-state index contributed by atoms with van der Waals surface area (Å²) in [6.07, 6.45) is 22.1. The average molecular weight is 523 g/mol. The van der Waals surface area contributed by atoms with Gasteiger partial charge in [-0.15, -0.1) is 0 Å². The van der Waals surface area contributed by atoms with Crippen LogP contribution in [0.25, 0.3) is 0 Å². The van der Waals surface area contributed by atoms with Crippen LogP contribution in [0.4, 0.5) is 0 Å². The third-order valence-electron chi connectivity index (χ3n) is 6.19. The van der Waals surface area contributed by atoms with E-state index in [0.29, 0.717) is 13.2 Å². The summed E-state index contributed by atoms with van der Waals surface area (Å²) >= 11 is 0. The topological polar surface area (TPSA) is 98.7 Å². The number of carbonyl (C=O) groups excluding carboxylic acids is 1. The van der Waals surface area contributed by atoms with E-state index >= 15 is 0 Å². The molecule has 0 amide bonds. The van der Waals surface area contributed by atoms with E-state index < -0.39 is 19.7 Å². The second kappa shape index (κ2) is 25.2. The zero-order valence-electron chi connectivity index (χ0n) is 23.1. The summed E-state index contributed by atoms with van der Waals surface area (Å²) in [7, 11) is -1.84. The second-order valence-corrected chi connectivity index (χ2v) is 11.8. The monoisotopic (exact) mass is 522 g/mol. The largest absolute Gasteiger partial charge is 0.458 e. The third kappa shape index (κ3) is 26.4. The Bertz CT molecular complexity index is 520. The van der Waals surface area contributed by atoms with Gasteiger partial charge in [0.25, 0.3) is 0 Å². The maximum atomic E-state index is 11.9. The molecule has 210 valence electrons. The number of quaternary nitrogens is 1. The first-order valence-corrected chi connectivity index (χ1v) is 16.2. The maximum Gasteiger partial charge on any atom is 0.333 e. The van der Waals surface area contributed by atoms with Gasteiger partial charge >= 0.3 is 13.6 Å². The fourth-order valence-corrected chi connectivity index (χ4v) is 5.16. The molecule has 3 N–H and O–H groups in total. The molecule has 2 unspecified atom stereocenters. The molecule has 0 saturated heterocycles. The normalized spacial score (nSPS) is 14.1. The fourth-order valence-electron chi connectivity index (χ4n) is 4.05. The number of carbonyl (C=O) groups is 1. The van der Waals surface area contributed by atoms with Crippen molar-refractivity contribution in [2.75, 3.05) is 39.6 Å². The van der Waals surface area contributed by atoms with Gasteiger partial charge in [-0.3, -0.25) is 9.36 Å². The van der Waals surface area contributed by atoms with E-state index in [0.717, 1.165) is 12.8 Å². The molecule has 0 aromatic heterocycles. The Balaban J connectivity index is 3.54. The third-order valence-corrected chi connectivity index (χ3v) is 7.57. The lowest BCUT2D eigenvalue weighted by molar-refractivity contribution is -0.622. The van der Waals surface area contributed by atoms with Gasteiger partial charge in [0, 0.05) is 13.5 Å². The van der Waals surface area contributed by atoms with Crippen LogP contribution in [0.2, 0.25) is 0 Å². The highest BCUT2D eigenvalue weighted by molar-refractivity contribution is 7.52. The van der Waals surface area contributed by atoms with Gasteiger partial charge in [-0.2, -0.15) is 0 Å². The Morgan fingerprint density at radius 3 is 1.69 bits per heavy atom. The van der Waals surface area contributed by atoms with E-state index in [4.69, 9.17) is 14.0 Å². The number of ether oxygens (including phenoxy) is 2. The summed E-state index contributed by atoms with van der Waals surface area (Å²) < 4.78 is 27.9. The van der Waals surface area contributed by atoms with Crippen LogP contribution in [0, 0.1) is 0 Å². The molecule has 0 bridgehead atoms. The predicted octanol–water partition coefficient (Wildman–Crippen LogP) is 5.98. The van der Waals surface area contributed by atoms with E-state index in [1.807, 2.05) is 12.4 Å². The van der Waals surface area contributed by atoms with Crippen LogP contribution >= 0.6 is 7.60 Å². The Morgan fingerprint density at radius 2 is 1.26 bits per heavy atom. The molecular weight excluding hydrogens is 465 g/mol. The van der Waals surface area contributed by atoms with E-state index in [2.05, 4.69) is 6.92 Å². The highest BCUT2D eigenvalue weighted by Crippen LogP contribution is 2.40. The molecule has 0 heterocycles. The van der Waals surface area contributed by atoms with E-state index in [9.17, 15) is 14.3 Å². The number of hydrogen-bond acceptors (Lipinski definition) is 5. The SMILES string of the molecule is CCCCCCCCCCCCCCCCCCCOCC(COP(=O)(O)CC[NH2+]C)OC(C)=O. The van der Waals surface area contributed by atoms with Gasteiger partial charge in [0.1, 0.15) is 6.10 Å². The fraction of sp³-hybridized carbons (Fsp3) is 0.963. The van der Waals surface area contributed by atoms with Gasteiger partial charge in [0.15, 0.2) is 0 Å². The van der Waals surface area contributed by atoms with Crippen LogP contribution in [-0.2, 0) is 23.4 Å². The van der Waals surface area contributed by atoms with E-state index in [-0.39, 0.29) is 19.4 Å². The van der Waals surface area contributed by atoms with Crippen molar-refractivity contribution in [3.8, 4) is 0 Å². The zero-order valence-corrected chi connectivity index (χ0v) is 24.0. The van der Waals surface area contributed by atoms with Crippen molar-refractivity contribution in [1.29, 1.82) is 0 Å². The Kier molecular flexibility index (Phi) is 24.9. The molecule has 0 saturated carbocycles. The minimum atomic E-state index is -3.66. The smallest absolute Gasteiger partial charge is 0.333 e. The summed E-state index contributed by atoms with van der Waals surface area (Å²) in [6, 6.07) is 0. The first-order chi connectivity index (χ1) is 16.9. The van der Waals surface area contributed by atoms with E-state index in [1.165, 1.54) is 103 Å². The van der Waals surface area contributed by atoms with Gasteiger partial charge in [0.2, 0.25) is 0 Å². The van der Waals surface area contributed by atoms with Gasteiger partial charge < -0.3 is 24.2 Å². The molecule has 2 atom stereocenters. The summed E-state index contributed by atoms with van der Waals surface area (Å²) in [5.74, 6) is -0.449. The zero-order chi connectivity index (χ0) is 26.0. The number of hydrogen-bond donors (Lipinski definition) is 2. The van der Waals surface area contributed by atoms with Crippen LogP contribution < -0.4 is 5.32 Å². The van der Waals surface area contributed by atoms with Crippen LogP contribution in [-0.4, -0.2) is 56.5 Å². The Morgan fingerprint density at radius 1 is 0.800 bits per heavy atom. The molecule has 0 aromatic rings. The minimum absolute atomic E-state index is 0.0659. The number of unbranched alkanes of at least 4 members (excludes halogenated alkanes) is 16. The van der Waals surface area contributed by atoms with Crippen molar-refractivity contribution in [2.45, 2.75) is 129 Å². The van der Waals surface area contributed by atoms with Crippen molar-refractivity contribution in [3.63, 3.8) is 0 Å². The molecule has 0 aromatic carbocycles. The molecule has 0 aliphatic heterocycles. The van der Waals surface area contributed by atoms with Crippen LogP contribution in [0.15, 0.2) is 0 Å². The minimum Gasteiger partial charge on any atom is -0.458 e.